The Morgan fingerprint density at radius 2 is 1.74 bits per heavy atom. The molecule has 1 aromatic carbocycles. The Morgan fingerprint density at radius 3 is 2.26 bits per heavy atom. The Morgan fingerprint density at radius 1 is 1.11 bits per heavy atom. The third-order valence-corrected chi connectivity index (χ3v) is 4.35. The smallest absolute Gasteiger partial charge is 0.159 e. The molecule has 1 atom stereocenters. The molecule has 0 spiro atoms. The summed E-state index contributed by atoms with van der Waals surface area (Å²) < 4.78 is 26.3. The number of aliphatic hydroxyl groups excluding tert-OH is 1. The van der Waals surface area contributed by atoms with Crippen molar-refractivity contribution in [3.8, 4) is 0 Å². The van der Waals surface area contributed by atoms with Gasteiger partial charge in [0.1, 0.15) is 0 Å². The van der Waals surface area contributed by atoms with Crippen LogP contribution < -0.4 is 5.73 Å². The van der Waals surface area contributed by atoms with E-state index in [1.165, 1.54) is 6.07 Å². The molecule has 1 aliphatic rings. The lowest BCUT2D eigenvalue weighted by atomic mass is 9.73. The molecule has 106 valence electrons. The highest BCUT2D eigenvalue weighted by Crippen LogP contribution is 2.44. The van der Waals surface area contributed by atoms with Crippen molar-refractivity contribution in [3.63, 3.8) is 0 Å². The molecule has 0 saturated heterocycles. The molecule has 1 unspecified atom stereocenters. The summed E-state index contributed by atoms with van der Waals surface area (Å²) in [5.74, 6) is -1.81. The van der Waals surface area contributed by atoms with Gasteiger partial charge in [-0.15, -0.1) is 0 Å². The summed E-state index contributed by atoms with van der Waals surface area (Å²) in [5.41, 5.74) is 5.91. The molecule has 0 bridgehead atoms. The second kappa shape index (κ2) is 5.97. The Balaban J connectivity index is 2.28. The van der Waals surface area contributed by atoms with Crippen LogP contribution in [0, 0.1) is 17.0 Å². The third kappa shape index (κ3) is 2.95. The molecule has 1 aromatic rings. The highest BCUT2D eigenvalue weighted by atomic mass is 19.2. The van der Waals surface area contributed by atoms with Crippen LogP contribution in [-0.4, -0.2) is 11.7 Å². The third-order valence-electron chi connectivity index (χ3n) is 4.35. The Bertz CT molecular complexity index is 428. The van der Waals surface area contributed by atoms with Gasteiger partial charge in [0.2, 0.25) is 0 Å². The minimum atomic E-state index is -0.919. The maximum atomic E-state index is 13.3. The molecule has 2 rings (SSSR count). The van der Waals surface area contributed by atoms with Crippen molar-refractivity contribution in [2.24, 2.45) is 11.1 Å². The monoisotopic (exact) mass is 269 g/mol. The second-order valence-corrected chi connectivity index (χ2v) is 5.56. The van der Waals surface area contributed by atoms with Crippen molar-refractivity contribution in [1.29, 1.82) is 0 Å². The summed E-state index contributed by atoms with van der Waals surface area (Å²) in [6.45, 7) is 0.368. The normalized spacial score (nSPS) is 20.8. The number of rotatable bonds is 3. The van der Waals surface area contributed by atoms with Crippen molar-refractivity contribution in [1.82, 2.24) is 0 Å². The summed E-state index contributed by atoms with van der Waals surface area (Å²) >= 11 is 0. The van der Waals surface area contributed by atoms with Gasteiger partial charge in [0.25, 0.3) is 0 Å². The van der Waals surface area contributed by atoms with Crippen molar-refractivity contribution in [2.75, 3.05) is 6.54 Å². The summed E-state index contributed by atoms with van der Waals surface area (Å²) in [7, 11) is 0. The second-order valence-electron chi connectivity index (χ2n) is 5.56. The quantitative estimate of drug-likeness (QED) is 0.827. The first-order valence-electron chi connectivity index (χ1n) is 6.92. The molecule has 0 aliphatic heterocycles. The Hall–Kier alpha value is -1.00. The van der Waals surface area contributed by atoms with Crippen molar-refractivity contribution in [3.05, 3.63) is 35.4 Å². The van der Waals surface area contributed by atoms with E-state index in [0.717, 1.165) is 50.7 Å². The number of benzene rings is 1. The van der Waals surface area contributed by atoms with E-state index in [4.69, 9.17) is 5.73 Å². The number of nitrogens with two attached hydrogens (primary N) is 1. The lowest BCUT2D eigenvalue weighted by Crippen LogP contribution is -2.36. The topological polar surface area (TPSA) is 46.2 Å². The molecule has 1 aliphatic carbocycles. The maximum Gasteiger partial charge on any atom is 0.159 e. The Labute approximate surface area is 112 Å². The van der Waals surface area contributed by atoms with E-state index in [2.05, 4.69) is 0 Å². The molecule has 1 fully saturated rings. The molecule has 0 heterocycles. The summed E-state index contributed by atoms with van der Waals surface area (Å²) in [5, 5.41) is 10.6. The fourth-order valence-corrected chi connectivity index (χ4v) is 3.06. The lowest BCUT2D eigenvalue weighted by molar-refractivity contribution is 0.0164. The summed E-state index contributed by atoms with van der Waals surface area (Å²) in [6.07, 6.45) is 5.19. The van der Waals surface area contributed by atoms with Crippen LogP contribution in [-0.2, 0) is 0 Å². The summed E-state index contributed by atoms with van der Waals surface area (Å²) in [4.78, 5) is 0. The first-order chi connectivity index (χ1) is 9.09. The minimum Gasteiger partial charge on any atom is -0.388 e. The van der Waals surface area contributed by atoms with Gasteiger partial charge in [0.05, 0.1) is 6.10 Å². The fraction of sp³-hybridized carbons (Fsp3) is 0.600. The van der Waals surface area contributed by atoms with Crippen LogP contribution in [0.2, 0.25) is 0 Å². The highest BCUT2D eigenvalue weighted by Gasteiger charge is 2.37. The largest absolute Gasteiger partial charge is 0.388 e. The molecule has 4 heteroatoms. The van der Waals surface area contributed by atoms with Gasteiger partial charge in [-0.25, -0.2) is 8.78 Å². The van der Waals surface area contributed by atoms with Crippen LogP contribution >= 0.6 is 0 Å². The number of aliphatic hydroxyl groups is 1. The molecular weight excluding hydrogens is 248 g/mol. The Kier molecular flexibility index (Phi) is 4.53. The van der Waals surface area contributed by atoms with Crippen LogP contribution in [0.5, 0.6) is 0 Å². The van der Waals surface area contributed by atoms with E-state index < -0.39 is 23.2 Å². The molecular formula is C15H21F2NO. The van der Waals surface area contributed by atoms with E-state index in [0.29, 0.717) is 12.1 Å². The van der Waals surface area contributed by atoms with Crippen LogP contribution in [0.15, 0.2) is 18.2 Å². The van der Waals surface area contributed by atoms with Crippen molar-refractivity contribution in [2.45, 2.75) is 44.6 Å². The average molecular weight is 269 g/mol. The van der Waals surface area contributed by atoms with E-state index in [1.807, 2.05) is 0 Å². The lowest BCUT2D eigenvalue weighted by Gasteiger charge is -2.36. The molecule has 2 nitrogen and oxygen atoms in total. The van der Waals surface area contributed by atoms with Crippen molar-refractivity contribution < 1.29 is 13.9 Å². The van der Waals surface area contributed by atoms with Gasteiger partial charge in [-0.3, -0.25) is 0 Å². The standard InChI is InChI=1S/C15H21F2NO/c16-12-6-5-11(9-13(12)17)14(19)15(10-18)7-3-1-2-4-8-15/h5-6,9,14,19H,1-4,7-8,10,18H2. The zero-order valence-electron chi connectivity index (χ0n) is 11.0. The number of hydrogen-bond donors (Lipinski definition) is 2. The maximum absolute atomic E-state index is 13.3. The zero-order valence-corrected chi connectivity index (χ0v) is 11.0. The van der Waals surface area contributed by atoms with E-state index >= 15 is 0 Å². The number of hydrogen-bond acceptors (Lipinski definition) is 2. The molecule has 3 N–H and O–H groups in total. The summed E-state index contributed by atoms with van der Waals surface area (Å²) in [6, 6.07) is 3.60. The minimum absolute atomic E-state index is 0.368. The van der Waals surface area contributed by atoms with Gasteiger partial charge in [-0.05, 0) is 30.5 Å². The first-order valence-corrected chi connectivity index (χ1v) is 6.92. The predicted molar refractivity (Wildman–Crippen MR) is 70.5 cm³/mol. The van der Waals surface area contributed by atoms with E-state index in [1.54, 1.807) is 0 Å². The molecule has 0 amide bonds. The molecule has 19 heavy (non-hydrogen) atoms. The van der Waals surface area contributed by atoms with Gasteiger partial charge in [0, 0.05) is 12.0 Å². The molecule has 0 radical (unpaired) electrons. The molecule has 0 aromatic heterocycles. The van der Waals surface area contributed by atoms with E-state index in [9.17, 15) is 13.9 Å². The predicted octanol–water partition coefficient (Wildman–Crippen LogP) is 3.30. The van der Waals surface area contributed by atoms with E-state index in [-0.39, 0.29) is 0 Å². The van der Waals surface area contributed by atoms with Crippen LogP contribution in [0.4, 0.5) is 8.78 Å². The van der Waals surface area contributed by atoms with Crippen LogP contribution in [0.25, 0.3) is 0 Å². The number of halogens is 2. The van der Waals surface area contributed by atoms with Gasteiger partial charge >= 0.3 is 0 Å². The highest BCUT2D eigenvalue weighted by molar-refractivity contribution is 5.22. The van der Waals surface area contributed by atoms with Gasteiger partial charge in [0.15, 0.2) is 11.6 Å². The molecule has 1 saturated carbocycles. The van der Waals surface area contributed by atoms with Gasteiger partial charge in [-0.1, -0.05) is 31.7 Å². The SMILES string of the molecule is NCC1(C(O)c2ccc(F)c(F)c2)CCCCCC1. The first kappa shape index (κ1) is 14.4. The van der Waals surface area contributed by atoms with Crippen LogP contribution in [0.1, 0.15) is 50.2 Å². The average Bonchev–Trinajstić information content (AvgIpc) is 2.67. The van der Waals surface area contributed by atoms with Gasteiger partial charge in [-0.2, -0.15) is 0 Å². The zero-order chi connectivity index (χ0) is 13.9. The van der Waals surface area contributed by atoms with Crippen LogP contribution in [0.3, 0.4) is 0 Å². The van der Waals surface area contributed by atoms with Crippen molar-refractivity contribution >= 4 is 0 Å². The van der Waals surface area contributed by atoms with Gasteiger partial charge < -0.3 is 10.8 Å². The fourth-order valence-electron chi connectivity index (χ4n) is 3.06.